The maximum atomic E-state index is 12.6. The van der Waals surface area contributed by atoms with Crippen LogP contribution < -0.4 is 0 Å². The van der Waals surface area contributed by atoms with Gasteiger partial charge in [-0.2, -0.15) is 5.10 Å². The summed E-state index contributed by atoms with van der Waals surface area (Å²) in [4.78, 5) is 21.3. The van der Waals surface area contributed by atoms with Gasteiger partial charge in [-0.3, -0.25) is 14.8 Å². The number of H-pyrrole nitrogens is 1. The number of nitrogens with one attached hydrogen (secondary N) is 1. The molecule has 0 spiro atoms. The molecular weight excluding hydrogens is 266 g/mol. The Morgan fingerprint density at radius 2 is 2.00 bits per heavy atom. The molecule has 0 radical (unpaired) electrons. The van der Waals surface area contributed by atoms with E-state index in [1.54, 1.807) is 6.33 Å². The van der Waals surface area contributed by atoms with Crippen molar-refractivity contribution in [2.75, 3.05) is 19.6 Å². The van der Waals surface area contributed by atoms with Gasteiger partial charge in [0.05, 0.1) is 6.04 Å². The van der Waals surface area contributed by atoms with E-state index in [4.69, 9.17) is 0 Å². The van der Waals surface area contributed by atoms with Crippen LogP contribution in [0.5, 0.6) is 0 Å². The standard InChI is InChI=1S/C15H25N5O/c1-11(2)20-7-3-4-13(15(20)21)19-8-5-12(6-9-19)14-16-10-17-18-14/h10-13H,3-9H2,1-2H3,(H,16,17,18). The molecule has 1 N–H and O–H groups in total. The Kier molecular flexibility index (Phi) is 4.24. The van der Waals surface area contributed by atoms with Crippen LogP contribution in [0.3, 0.4) is 0 Å². The highest BCUT2D eigenvalue weighted by Crippen LogP contribution is 2.29. The normalized spacial score (nSPS) is 25.8. The van der Waals surface area contributed by atoms with Gasteiger partial charge in [-0.05, 0) is 52.6 Å². The molecule has 1 atom stereocenters. The Hall–Kier alpha value is -1.43. The van der Waals surface area contributed by atoms with Gasteiger partial charge in [-0.25, -0.2) is 4.98 Å². The van der Waals surface area contributed by atoms with Gasteiger partial charge in [0.2, 0.25) is 5.91 Å². The van der Waals surface area contributed by atoms with Crippen molar-refractivity contribution in [1.82, 2.24) is 25.0 Å². The number of aromatic nitrogens is 3. The number of carbonyl (C=O) groups is 1. The van der Waals surface area contributed by atoms with Crippen LogP contribution in [0.25, 0.3) is 0 Å². The number of hydrogen-bond acceptors (Lipinski definition) is 4. The van der Waals surface area contributed by atoms with E-state index < -0.39 is 0 Å². The largest absolute Gasteiger partial charge is 0.339 e. The van der Waals surface area contributed by atoms with E-state index >= 15 is 0 Å². The fourth-order valence-electron chi connectivity index (χ4n) is 3.63. The molecule has 21 heavy (non-hydrogen) atoms. The summed E-state index contributed by atoms with van der Waals surface area (Å²) in [6.07, 6.45) is 5.82. The van der Waals surface area contributed by atoms with Gasteiger partial charge in [-0.1, -0.05) is 0 Å². The lowest BCUT2D eigenvalue weighted by atomic mass is 9.93. The first-order valence-corrected chi connectivity index (χ1v) is 8.06. The van der Waals surface area contributed by atoms with Crippen LogP contribution in [0.2, 0.25) is 0 Å². The smallest absolute Gasteiger partial charge is 0.240 e. The van der Waals surface area contributed by atoms with Gasteiger partial charge < -0.3 is 4.90 Å². The number of likely N-dealkylation sites (tertiary alicyclic amines) is 2. The lowest BCUT2D eigenvalue weighted by molar-refractivity contribution is -0.142. The number of amides is 1. The average Bonchev–Trinajstić information content (AvgIpc) is 3.02. The lowest BCUT2D eigenvalue weighted by Crippen LogP contribution is -2.55. The van der Waals surface area contributed by atoms with Gasteiger partial charge >= 0.3 is 0 Å². The zero-order valence-electron chi connectivity index (χ0n) is 13.0. The fourth-order valence-corrected chi connectivity index (χ4v) is 3.63. The van der Waals surface area contributed by atoms with Crippen LogP contribution >= 0.6 is 0 Å². The molecule has 1 aromatic heterocycles. The third kappa shape index (κ3) is 2.95. The van der Waals surface area contributed by atoms with E-state index in [0.29, 0.717) is 17.9 Å². The van der Waals surface area contributed by atoms with Crippen LogP contribution in [-0.2, 0) is 4.79 Å². The average molecular weight is 291 g/mol. The maximum Gasteiger partial charge on any atom is 0.240 e. The van der Waals surface area contributed by atoms with Gasteiger partial charge in [0.15, 0.2) is 0 Å². The number of carbonyl (C=O) groups excluding carboxylic acids is 1. The van der Waals surface area contributed by atoms with E-state index in [2.05, 4.69) is 33.9 Å². The second-order valence-electron chi connectivity index (χ2n) is 6.46. The first kappa shape index (κ1) is 14.5. The van der Waals surface area contributed by atoms with Crippen molar-refractivity contribution in [3.05, 3.63) is 12.2 Å². The van der Waals surface area contributed by atoms with E-state index in [1.165, 1.54) is 0 Å². The number of aromatic amines is 1. The zero-order chi connectivity index (χ0) is 14.8. The summed E-state index contributed by atoms with van der Waals surface area (Å²) >= 11 is 0. The molecule has 6 heteroatoms. The molecule has 116 valence electrons. The summed E-state index contributed by atoms with van der Waals surface area (Å²) in [6.45, 7) is 7.09. The Labute approximate surface area is 125 Å². The molecule has 6 nitrogen and oxygen atoms in total. The summed E-state index contributed by atoms with van der Waals surface area (Å²) in [5, 5.41) is 6.91. The molecule has 0 bridgehead atoms. The third-order valence-corrected chi connectivity index (χ3v) is 4.86. The molecule has 0 aliphatic carbocycles. The van der Waals surface area contributed by atoms with Crippen molar-refractivity contribution in [1.29, 1.82) is 0 Å². The van der Waals surface area contributed by atoms with Crippen LogP contribution in [0.1, 0.15) is 51.3 Å². The molecule has 2 saturated heterocycles. The van der Waals surface area contributed by atoms with Crippen molar-refractivity contribution >= 4 is 5.91 Å². The quantitative estimate of drug-likeness (QED) is 0.914. The highest BCUT2D eigenvalue weighted by Gasteiger charge is 2.36. The Morgan fingerprint density at radius 3 is 2.62 bits per heavy atom. The minimum absolute atomic E-state index is 0.0943. The van der Waals surface area contributed by atoms with E-state index in [-0.39, 0.29) is 6.04 Å². The molecule has 2 fully saturated rings. The summed E-state index contributed by atoms with van der Waals surface area (Å²) < 4.78 is 0. The van der Waals surface area contributed by atoms with Crippen LogP contribution in [0.15, 0.2) is 6.33 Å². The van der Waals surface area contributed by atoms with Crippen LogP contribution in [-0.4, -0.2) is 62.6 Å². The summed E-state index contributed by atoms with van der Waals surface area (Å²) in [7, 11) is 0. The monoisotopic (exact) mass is 291 g/mol. The fraction of sp³-hybridized carbons (Fsp3) is 0.800. The predicted molar refractivity (Wildman–Crippen MR) is 79.8 cm³/mol. The summed E-state index contributed by atoms with van der Waals surface area (Å²) in [5.41, 5.74) is 0. The van der Waals surface area contributed by atoms with Gasteiger partial charge in [0.25, 0.3) is 0 Å². The highest BCUT2D eigenvalue weighted by molar-refractivity contribution is 5.82. The third-order valence-electron chi connectivity index (χ3n) is 4.86. The molecule has 1 unspecified atom stereocenters. The number of piperidine rings is 2. The van der Waals surface area contributed by atoms with Crippen molar-refractivity contribution in [2.45, 2.75) is 57.5 Å². The SMILES string of the molecule is CC(C)N1CCCC(N2CCC(c3ncn[nH]3)CC2)C1=O. The maximum absolute atomic E-state index is 12.6. The highest BCUT2D eigenvalue weighted by atomic mass is 16.2. The molecule has 0 aromatic carbocycles. The molecule has 3 rings (SSSR count). The number of hydrogen-bond donors (Lipinski definition) is 1. The van der Waals surface area contributed by atoms with E-state index in [0.717, 1.165) is 51.1 Å². The molecule has 2 aliphatic rings. The van der Waals surface area contributed by atoms with E-state index in [1.807, 2.05) is 4.90 Å². The summed E-state index contributed by atoms with van der Waals surface area (Å²) in [6, 6.07) is 0.406. The minimum atomic E-state index is 0.0943. The first-order chi connectivity index (χ1) is 10.2. The van der Waals surface area contributed by atoms with Crippen molar-refractivity contribution in [2.24, 2.45) is 0 Å². The lowest BCUT2D eigenvalue weighted by Gasteiger charge is -2.42. The van der Waals surface area contributed by atoms with Crippen molar-refractivity contribution < 1.29 is 4.79 Å². The van der Waals surface area contributed by atoms with Gasteiger partial charge in [0, 0.05) is 18.5 Å². The topological polar surface area (TPSA) is 65.1 Å². The van der Waals surface area contributed by atoms with Gasteiger partial charge in [0.1, 0.15) is 12.2 Å². The molecule has 1 aromatic rings. The second kappa shape index (κ2) is 6.13. The number of nitrogens with zero attached hydrogens (tertiary/aromatic N) is 4. The molecule has 2 aliphatic heterocycles. The number of rotatable bonds is 3. The van der Waals surface area contributed by atoms with Crippen molar-refractivity contribution in [3.63, 3.8) is 0 Å². The first-order valence-electron chi connectivity index (χ1n) is 8.06. The Morgan fingerprint density at radius 1 is 1.24 bits per heavy atom. The second-order valence-corrected chi connectivity index (χ2v) is 6.46. The molecular formula is C15H25N5O. The van der Waals surface area contributed by atoms with E-state index in [9.17, 15) is 4.79 Å². The zero-order valence-corrected chi connectivity index (χ0v) is 13.0. The van der Waals surface area contributed by atoms with Crippen molar-refractivity contribution in [3.8, 4) is 0 Å². The molecule has 3 heterocycles. The Bertz CT molecular complexity index is 464. The van der Waals surface area contributed by atoms with Gasteiger partial charge in [-0.15, -0.1) is 0 Å². The predicted octanol–water partition coefficient (Wildman–Crippen LogP) is 1.38. The summed E-state index contributed by atoms with van der Waals surface area (Å²) in [5.74, 6) is 1.78. The Balaban J connectivity index is 1.60. The molecule has 0 saturated carbocycles. The van der Waals surface area contributed by atoms with Crippen LogP contribution in [0, 0.1) is 0 Å². The minimum Gasteiger partial charge on any atom is -0.339 e. The van der Waals surface area contributed by atoms with Crippen LogP contribution in [0.4, 0.5) is 0 Å². The molecule has 1 amide bonds.